The Morgan fingerprint density at radius 2 is 1.79 bits per heavy atom. The van der Waals surface area contributed by atoms with Crippen molar-refractivity contribution >= 4 is 30.0 Å². The molecule has 33 heavy (non-hydrogen) atoms. The van der Waals surface area contributed by atoms with Crippen molar-refractivity contribution in [2.45, 2.75) is 24.4 Å². The molecule has 2 heterocycles. The molecule has 7 heteroatoms. The molecule has 0 unspecified atom stereocenters. The zero-order valence-corrected chi connectivity index (χ0v) is 18.7. The summed E-state index contributed by atoms with van der Waals surface area (Å²) in [4.78, 5) is 38.7. The van der Waals surface area contributed by atoms with Crippen LogP contribution in [-0.4, -0.2) is 40.4 Å². The topological polar surface area (TPSA) is 75.7 Å². The van der Waals surface area contributed by atoms with E-state index in [-0.39, 0.29) is 17.0 Å². The Morgan fingerprint density at radius 1 is 1.15 bits per heavy atom. The lowest BCUT2D eigenvalue weighted by molar-refractivity contribution is -0.154. The lowest BCUT2D eigenvalue weighted by Crippen LogP contribution is -2.69. The molecule has 2 aromatic rings. The van der Waals surface area contributed by atoms with E-state index in [1.54, 1.807) is 19.1 Å². The third-order valence-electron chi connectivity index (χ3n) is 5.38. The Balaban J connectivity index is 1.70. The third-order valence-corrected chi connectivity index (χ3v) is 6.68. The summed E-state index contributed by atoms with van der Waals surface area (Å²) < 4.78 is 6.04. The Morgan fingerprint density at radius 3 is 2.36 bits per heavy atom. The van der Waals surface area contributed by atoms with Crippen molar-refractivity contribution in [1.82, 2.24) is 10.2 Å². The highest BCUT2D eigenvalue weighted by molar-refractivity contribution is 8.00. The number of esters is 1. The number of rotatable bonds is 7. The van der Waals surface area contributed by atoms with E-state index in [0.717, 1.165) is 11.1 Å². The minimum absolute atomic E-state index is 0.193. The Hall–Kier alpha value is -3.76. The van der Waals surface area contributed by atoms with Gasteiger partial charge in [0.25, 0.3) is 5.91 Å². The number of fused-ring (bicyclic) bond motifs is 1. The molecule has 6 nitrogen and oxygen atoms in total. The van der Waals surface area contributed by atoms with Gasteiger partial charge >= 0.3 is 5.97 Å². The lowest BCUT2D eigenvalue weighted by atomic mass is 10.0. The summed E-state index contributed by atoms with van der Waals surface area (Å²) >= 11 is 1.48. The van der Waals surface area contributed by atoms with Gasteiger partial charge in [-0.2, -0.15) is 0 Å². The number of allylic oxidation sites excluding steroid dienone is 2. The van der Waals surface area contributed by atoms with Crippen LogP contribution in [0, 0.1) is 11.8 Å². The number of amides is 2. The average Bonchev–Trinajstić information content (AvgIpc) is 2.86. The predicted molar refractivity (Wildman–Crippen MR) is 127 cm³/mol. The number of carbonyl (C=O) groups is 3. The van der Waals surface area contributed by atoms with Crippen molar-refractivity contribution in [3.8, 4) is 11.8 Å². The van der Waals surface area contributed by atoms with Crippen molar-refractivity contribution in [3.63, 3.8) is 0 Å². The van der Waals surface area contributed by atoms with Crippen molar-refractivity contribution in [1.29, 1.82) is 0 Å². The first-order chi connectivity index (χ1) is 16.2. The normalized spacial score (nSPS) is 19.5. The van der Waals surface area contributed by atoms with Crippen molar-refractivity contribution in [2.24, 2.45) is 0 Å². The predicted octanol–water partition coefficient (Wildman–Crippen LogP) is 3.18. The molecular weight excluding hydrogens is 436 g/mol. The maximum atomic E-state index is 13.6. The number of hydrogen-bond acceptors (Lipinski definition) is 5. The van der Waals surface area contributed by atoms with Crippen LogP contribution in [0.5, 0.6) is 0 Å². The monoisotopic (exact) mass is 458 g/mol. The quantitative estimate of drug-likeness (QED) is 0.299. The fourth-order valence-electron chi connectivity index (χ4n) is 3.83. The molecule has 0 aromatic heterocycles. The number of nitrogens with zero attached hydrogens (tertiary/aromatic N) is 1. The smallest absolute Gasteiger partial charge is 0.356 e. The maximum Gasteiger partial charge on any atom is 0.356 e. The summed E-state index contributed by atoms with van der Waals surface area (Å²) in [5, 5.41) is 2.19. The van der Waals surface area contributed by atoms with Crippen LogP contribution >= 0.6 is 11.8 Å². The molecule has 0 saturated carbocycles. The number of hydrogen-bond donors (Lipinski definition) is 1. The van der Waals surface area contributed by atoms with Gasteiger partial charge in [0.15, 0.2) is 6.10 Å². The molecule has 1 fully saturated rings. The first kappa shape index (κ1) is 22.4. The summed E-state index contributed by atoms with van der Waals surface area (Å²) in [5.74, 6) is 5.17. The molecular formula is C26H22N2O4S. The maximum absolute atomic E-state index is 13.6. The highest BCUT2D eigenvalue weighted by Gasteiger charge is 2.53. The summed E-state index contributed by atoms with van der Waals surface area (Å²) in [6, 6.07) is 18.3. The molecule has 1 saturated heterocycles. The molecule has 2 atom stereocenters. The second kappa shape index (κ2) is 10.2. The zero-order chi connectivity index (χ0) is 23.2. The lowest BCUT2D eigenvalue weighted by Gasteiger charge is -2.49. The standard InChI is InChI=1S/C26H22N2O4S/c1-2-3-6-15-20-16-33-25-21(27-17-29)24(30)28(25)22(20)26(31)32-23(18-11-7-4-8-12-18)19-13-9-5-10-14-19/h4-15,17,21,23,25H,16H2,1H3,(H,27,29)/t21-,25-/m1/s1. The molecule has 2 amide bonds. The van der Waals surface area contributed by atoms with Gasteiger partial charge in [-0.05, 0) is 35.8 Å². The second-order valence-corrected chi connectivity index (χ2v) is 8.49. The van der Waals surface area contributed by atoms with E-state index in [4.69, 9.17) is 4.74 Å². The van der Waals surface area contributed by atoms with Gasteiger partial charge < -0.3 is 10.1 Å². The van der Waals surface area contributed by atoms with E-state index in [2.05, 4.69) is 17.2 Å². The molecule has 0 radical (unpaired) electrons. The van der Waals surface area contributed by atoms with Crippen LogP contribution in [-0.2, 0) is 19.1 Å². The van der Waals surface area contributed by atoms with E-state index >= 15 is 0 Å². The van der Waals surface area contributed by atoms with Gasteiger partial charge in [0.1, 0.15) is 17.1 Å². The Bertz CT molecular complexity index is 1130. The molecule has 2 aliphatic heterocycles. The fourth-order valence-corrected chi connectivity index (χ4v) is 5.16. The molecule has 4 rings (SSSR count). The van der Waals surface area contributed by atoms with Crippen molar-refractivity contribution in [3.05, 3.63) is 95.2 Å². The number of benzene rings is 2. The molecule has 0 aliphatic carbocycles. The summed E-state index contributed by atoms with van der Waals surface area (Å²) in [6.07, 6.45) is 3.27. The largest absolute Gasteiger partial charge is 0.448 e. The van der Waals surface area contributed by atoms with E-state index in [0.29, 0.717) is 17.7 Å². The van der Waals surface area contributed by atoms with Crippen LogP contribution in [0.3, 0.4) is 0 Å². The van der Waals surface area contributed by atoms with Crippen molar-refractivity contribution < 1.29 is 19.1 Å². The first-order valence-electron chi connectivity index (χ1n) is 10.4. The highest BCUT2D eigenvalue weighted by Crippen LogP contribution is 2.41. The Kier molecular flexibility index (Phi) is 6.96. The van der Waals surface area contributed by atoms with Crippen LogP contribution in [0.4, 0.5) is 0 Å². The molecule has 166 valence electrons. The molecule has 1 N–H and O–H groups in total. The minimum Gasteiger partial charge on any atom is -0.448 e. The van der Waals surface area contributed by atoms with Crippen LogP contribution < -0.4 is 5.32 Å². The molecule has 0 bridgehead atoms. The van der Waals surface area contributed by atoms with Crippen LogP contribution in [0.15, 0.2) is 84.1 Å². The van der Waals surface area contributed by atoms with E-state index < -0.39 is 18.1 Å². The number of carbonyl (C=O) groups excluding carboxylic acids is 3. The summed E-state index contributed by atoms with van der Waals surface area (Å²) in [7, 11) is 0. The van der Waals surface area contributed by atoms with E-state index in [9.17, 15) is 14.4 Å². The first-order valence-corrected chi connectivity index (χ1v) is 11.5. The van der Waals surface area contributed by atoms with Gasteiger partial charge in [-0.1, -0.05) is 66.6 Å². The van der Waals surface area contributed by atoms with Gasteiger partial charge in [-0.3, -0.25) is 14.5 Å². The van der Waals surface area contributed by atoms with Gasteiger partial charge in [0.05, 0.1) is 0 Å². The van der Waals surface area contributed by atoms with Crippen LogP contribution in [0.1, 0.15) is 24.2 Å². The van der Waals surface area contributed by atoms with Crippen LogP contribution in [0.25, 0.3) is 0 Å². The number of β-lactam (4-membered cyclic amide) rings is 1. The van der Waals surface area contributed by atoms with Gasteiger partial charge in [0.2, 0.25) is 6.41 Å². The molecule has 2 aliphatic rings. The van der Waals surface area contributed by atoms with Crippen molar-refractivity contribution in [2.75, 3.05) is 5.75 Å². The second-order valence-electron chi connectivity index (χ2n) is 7.38. The number of thioether (sulfide) groups is 1. The van der Waals surface area contributed by atoms with Gasteiger partial charge in [0, 0.05) is 5.75 Å². The van der Waals surface area contributed by atoms with Crippen LogP contribution in [0.2, 0.25) is 0 Å². The van der Waals surface area contributed by atoms with E-state index in [1.165, 1.54) is 16.7 Å². The summed E-state index contributed by atoms with van der Waals surface area (Å²) in [5.41, 5.74) is 2.49. The SMILES string of the molecule is CC#CC=CC1=C(C(=O)OC(c2ccccc2)c2ccccc2)N2C(=O)[C@@H](NC=O)[C@H]2SC1. The zero-order valence-electron chi connectivity index (χ0n) is 17.9. The fraction of sp³-hybridized carbons (Fsp3) is 0.192. The van der Waals surface area contributed by atoms with Gasteiger partial charge in [-0.15, -0.1) is 17.7 Å². The number of nitrogens with one attached hydrogen (secondary N) is 1. The average molecular weight is 459 g/mol. The third kappa shape index (κ3) is 4.57. The van der Waals surface area contributed by atoms with E-state index in [1.807, 2.05) is 60.7 Å². The minimum atomic E-state index is -0.657. The van der Waals surface area contributed by atoms with Gasteiger partial charge in [-0.25, -0.2) is 4.79 Å². The Labute approximate surface area is 196 Å². The molecule has 2 aromatic carbocycles. The number of ether oxygens (including phenoxy) is 1. The highest BCUT2D eigenvalue weighted by atomic mass is 32.2. The molecule has 0 spiro atoms. The summed E-state index contributed by atoms with van der Waals surface area (Å²) in [6.45, 7) is 1.72.